The summed E-state index contributed by atoms with van der Waals surface area (Å²) in [4.78, 5) is 37.6. The molecule has 8 heteroatoms. The number of aliphatic hydroxyl groups excluding tert-OH is 2. The Morgan fingerprint density at radius 2 is 1.91 bits per heavy atom. The molecule has 8 nitrogen and oxygen atoms in total. The summed E-state index contributed by atoms with van der Waals surface area (Å²) < 4.78 is 5.59. The van der Waals surface area contributed by atoms with Crippen molar-refractivity contribution in [1.29, 1.82) is 0 Å². The molecule has 3 atom stereocenters. The highest BCUT2D eigenvalue weighted by Crippen LogP contribution is 2.52. The molecular formula is C24H21NO7. The minimum Gasteiger partial charge on any atom is -0.508 e. The molecule has 32 heavy (non-hydrogen) atoms. The number of ketones is 2. The Labute approximate surface area is 182 Å². The third kappa shape index (κ3) is 2.44. The van der Waals surface area contributed by atoms with Gasteiger partial charge in [-0.2, -0.15) is 0 Å². The van der Waals surface area contributed by atoms with Crippen molar-refractivity contribution in [3.05, 3.63) is 58.4 Å². The SMILES string of the molecule is COc1c2c(cc3ccccc13)CC1C[C@H]3CC(=O)C(C(N)=O)=C(O)[C@@]3(O)C(=O)C1=C2O. The largest absolute Gasteiger partial charge is 0.508 e. The van der Waals surface area contributed by atoms with Crippen LogP contribution in [0.4, 0.5) is 0 Å². The third-order valence-electron chi connectivity index (χ3n) is 6.96. The molecule has 0 radical (unpaired) electrons. The number of methoxy groups -OCH3 is 1. The summed E-state index contributed by atoms with van der Waals surface area (Å²) in [5.74, 6) is -5.22. The van der Waals surface area contributed by atoms with E-state index >= 15 is 0 Å². The predicted octanol–water partition coefficient (Wildman–Crippen LogP) is 1.88. The molecule has 3 aliphatic carbocycles. The summed E-state index contributed by atoms with van der Waals surface area (Å²) >= 11 is 0. The highest BCUT2D eigenvalue weighted by Gasteiger charge is 2.60. The second-order valence-corrected chi connectivity index (χ2v) is 8.57. The first-order valence-corrected chi connectivity index (χ1v) is 10.3. The maximum atomic E-state index is 13.5. The molecule has 5 rings (SSSR count). The van der Waals surface area contributed by atoms with Crippen molar-refractivity contribution in [2.75, 3.05) is 7.11 Å². The number of benzene rings is 2. The highest BCUT2D eigenvalue weighted by atomic mass is 16.5. The lowest BCUT2D eigenvalue weighted by Gasteiger charge is -2.46. The lowest BCUT2D eigenvalue weighted by atomic mass is 9.59. The van der Waals surface area contributed by atoms with Crippen LogP contribution in [0, 0.1) is 11.8 Å². The van der Waals surface area contributed by atoms with Crippen molar-refractivity contribution >= 4 is 34.0 Å². The van der Waals surface area contributed by atoms with Gasteiger partial charge in [0.1, 0.15) is 22.8 Å². The monoisotopic (exact) mass is 435 g/mol. The van der Waals surface area contributed by atoms with Crippen molar-refractivity contribution in [2.24, 2.45) is 17.6 Å². The summed E-state index contributed by atoms with van der Waals surface area (Å²) in [6, 6.07) is 9.42. The molecule has 5 N–H and O–H groups in total. The van der Waals surface area contributed by atoms with E-state index in [1.165, 1.54) is 7.11 Å². The zero-order valence-corrected chi connectivity index (χ0v) is 17.2. The average Bonchev–Trinajstić information content (AvgIpc) is 2.74. The van der Waals surface area contributed by atoms with Crippen LogP contribution in [0.1, 0.15) is 24.0 Å². The van der Waals surface area contributed by atoms with E-state index in [1.54, 1.807) is 0 Å². The fraction of sp³-hybridized carbons (Fsp3) is 0.292. The quantitative estimate of drug-likeness (QED) is 0.527. The van der Waals surface area contributed by atoms with Gasteiger partial charge >= 0.3 is 0 Å². The van der Waals surface area contributed by atoms with E-state index in [9.17, 15) is 29.7 Å². The van der Waals surface area contributed by atoms with Gasteiger partial charge < -0.3 is 25.8 Å². The Kier molecular flexibility index (Phi) is 4.22. The van der Waals surface area contributed by atoms with E-state index in [4.69, 9.17) is 10.5 Å². The number of hydrogen-bond acceptors (Lipinski definition) is 7. The van der Waals surface area contributed by atoms with Gasteiger partial charge in [0.15, 0.2) is 11.4 Å². The lowest BCUT2D eigenvalue weighted by Crippen LogP contribution is -2.58. The van der Waals surface area contributed by atoms with Crippen LogP contribution in [-0.2, 0) is 20.8 Å². The molecular weight excluding hydrogens is 414 g/mol. The van der Waals surface area contributed by atoms with Crippen LogP contribution in [0.15, 0.2) is 47.2 Å². The van der Waals surface area contributed by atoms with Gasteiger partial charge in [-0.3, -0.25) is 14.4 Å². The van der Waals surface area contributed by atoms with Crippen LogP contribution in [-0.4, -0.2) is 45.5 Å². The van der Waals surface area contributed by atoms with Gasteiger partial charge in [0.2, 0.25) is 5.78 Å². The number of aliphatic hydroxyl groups is 3. The van der Waals surface area contributed by atoms with Crippen molar-refractivity contribution < 1.29 is 34.4 Å². The van der Waals surface area contributed by atoms with Gasteiger partial charge in [-0.05, 0) is 29.7 Å². The smallest absolute Gasteiger partial charge is 0.255 e. The van der Waals surface area contributed by atoms with Crippen LogP contribution in [0.2, 0.25) is 0 Å². The first-order valence-electron chi connectivity index (χ1n) is 10.3. The summed E-state index contributed by atoms with van der Waals surface area (Å²) in [6.45, 7) is 0. The van der Waals surface area contributed by atoms with Crippen LogP contribution in [0.25, 0.3) is 16.5 Å². The number of carbonyl (C=O) groups excluding carboxylic acids is 3. The highest BCUT2D eigenvalue weighted by molar-refractivity contribution is 6.22. The maximum absolute atomic E-state index is 13.5. The van der Waals surface area contributed by atoms with E-state index in [2.05, 4.69) is 0 Å². The van der Waals surface area contributed by atoms with E-state index in [1.807, 2.05) is 30.3 Å². The molecule has 2 aromatic carbocycles. The van der Waals surface area contributed by atoms with Crippen LogP contribution < -0.4 is 10.5 Å². The minimum atomic E-state index is -2.50. The molecule has 1 amide bonds. The Morgan fingerprint density at radius 1 is 1.19 bits per heavy atom. The van der Waals surface area contributed by atoms with E-state index in [0.717, 1.165) is 16.3 Å². The van der Waals surface area contributed by atoms with Gasteiger partial charge in [0.25, 0.3) is 5.91 Å². The van der Waals surface area contributed by atoms with E-state index < -0.39 is 46.2 Å². The van der Waals surface area contributed by atoms with Crippen LogP contribution >= 0.6 is 0 Å². The zero-order valence-electron chi connectivity index (χ0n) is 17.2. The summed E-state index contributed by atoms with van der Waals surface area (Å²) in [6.07, 6.45) is 0.247. The minimum absolute atomic E-state index is 0.0467. The van der Waals surface area contributed by atoms with Gasteiger partial charge in [0.05, 0.1) is 12.7 Å². The summed E-state index contributed by atoms with van der Waals surface area (Å²) in [7, 11) is 1.47. The normalized spacial score (nSPS) is 27.2. The molecule has 1 unspecified atom stereocenters. The molecule has 1 fully saturated rings. The molecule has 0 spiro atoms. The number of ether oxygens (including phenoxy) is 1. The first kappa shape index (κ1) is 20.3. The number of carbonyl (C=O) groups is 3. The molecule has 0 saturated heterocycles. The number of fused-ring (bicyclic) bond motifs is 4. The molecule has 0 aromatic heterocycles. The topological polar surface area (TPSA) is 147 Å². The lowest BCUT2D eigenvalue weighted by molar-refractivity contribution is -0.147. The number of primary amides is 1. The molecule has 0 heterocycles. The zero-order chi connectivity index (χ0) is 22.9. The predicted molar refractivity (Wildman–Crippen MR) is 114 cm³/mol. The van der Waals surface area contributed by atoms with Crippen molar-refractivity contribution in [3.63, 3.8) is 0 Å². The Bertz CT molecular complexity index is 1300. The molecule has 2 aromatic rings. The molecule has 0 aliphatic heterocycles. The molecule has 0 bridgehead atoms. The molecule has 3 aliphatic rings. The van der Waals surface area contributed by atoms with Crippen LogP contribution in [0.3, 0.4) is 0 Å². The number of rotatable bonds is 2. The van der Waals surface area contributed by atoms with Gasteiger partial charge in [-0.1, -0.05) is 30.3 Å². The van der Waals surface area contributed by atoms with Gasteiger partial charge in [0, 0.05) is 23.3 Å². The number of Topliss-reactive ketones (excluding diaryl/α,β-unsaturated/α-hetero) is 2. The standard InChI is InChI=1S/C24H21NO7/c1-32-20-14-5-3-2-4-10(14)6-11-7-12-8-13-9-15(26)18(23(25)30)22(29)24(13,31)21(28)17(12)19(27)16(11)20/h2-6,12-13,27,29,31H,7-9H2,1H3,(H2,25,30)/t12?,13-,24-/m0/s1. The maximum Gasteiger partial charge on any atom is 0.255 e. The van der Waals surface area contributed by atoms with Gasteiger partial charge in [-0.15, -0.1) is 0 Å². The first-order chi connectivity index (χ1) is 15.2. The fourth-order valence-corrected chi connectivity index (χ4v) is 5.53. The fourth-order valence-electron chi connectivity index (χ4n) is 5.53. The third-order valence-corrected chi connectivity index (χ3v) is 6.96. The molecule has 164 valence electrons. The van der Waals surface area contributed by atoms with Crippen molar-refractivity contribution in [3.8, 4) is 5.75 Å². The average molecular weight is 435 g/mol. The van der Waals surface area contributed by atoms with Crippen molar-refractivity contribution in [2.45, 2.75) is 24.9 Å². The van der Waals surface area contributed by atoms with E-state index in [-0.39, 0.29) is 24.2 Å². The van der Waals surface area contributed by atoms with Gasteiger partial charge in [-0.25, -0.2) is 0 Å². The molecule has 1 saturated carbocycles. The van der Waals surface area contributed by atoms with E-state index in [0.29, 0.717) is 17.7 Å². The van der Waals surface area contributed by atoms with Crippen LogP contribution in [0.5, 0.6) is 5.75 Å². The number of amides is 1. The second kappa shape index (κ2) is 6.67. The Balaban J connectivity index is 1.75. The Morgan fingerprint density at radius 3 is 2.59 bits per heavy atom. The van der Waals surface area contributed by atoms with Crippen molar-refractivity contribution in [1.82, 2.24) is 0 Å². The number of hydrogen-bond donors (Lipinski definition) is 4. The summed E-state index contributed by atoms with van der Waals surface area (Å²) in [5.41, 5.74) is 3.04. The second-order valence-electron chi connectivity index (χ2n) is 8.57. The number of nitrogens with two attached hydrogens (primary N) is 1. The Hall–Kier alpha value is -3.65. The summed E-state index contributed by atoms with van der Waals surface area (Å²) in [5, 5.41) is 34.8.